The molecule has 0 aliphatic carbocycles. The zero-order valence-corrected chi connectivity index (χ0v) is 24.6. The molecule has 12 unspecified atom stereocenters. The van der Waals surface area contributed by atoms with Crippen LogP contribution in [0.1, 0.15) is 32.6 Å². The number of likely N-dealkylation sites (tertiary alicyclic amines) is 1. The van der Waals surface area contributed by atoms with Crippen LogP contribution in [0.5, 0.6) is 0 Å². The first kappa shape index (κ1) is 30.0. The molecule has 5 fully saturated rings. The number of carbonyl (C=O) groups excluding carboxylic acids is 2. The summed E-state index contributed by atoms with van der Waals surface area (Å²) in [5.41, 5.74) is -1.02. The molecule has 14 heteroatoms. The smallest absolute Gasteiger partial charge is 0.241 e. The highest BCUT2D eigenvalue weighted by Crippen LogP contribution is 2.39. The van der Waals surface area contributed by atoms with Crippen LogP contribution in [0.15, 0.2) is 0 Å². The molecule has 5 rings (SSSR count). The van der Waals surface area contributed by atoms with E-state index in [1.54, 1.807) is 23.8 Å². The molecule has 0 radical (unpaired) electrons. The summed E-state index contributed by atoms with van der Waals surface area (Å²) in [6.45, 7) is 4.40. The van der Waals surface area contributed by atoms with Crippen LogP contribution >= 0.6 is 35.0 Å². The molecule has 0 spiro atoms. The van der Waals surface area contributed by atoms with Gasteiger partial charge in [-0.15, -0.1) is 35.0 Å². The molecule has 0 aromatic rings. The fourth-order valence-corrected chi connectivity index (χ4v) is 9.15. The number of halogens is 4. The van der Waals surface area contributed by atoms with Crippen molar-refractivity contribution >= 4 is 46.8 Å². The predicted octanol–water partition coefficient (Wildman–Crippen LogP) is 1.30. The Morgan fingerprint density at radius 1 is 1.03 bits per heavy atom. The number of amides is 2. The lowest BCUT2D eigenvalue weighted by Gasteiger charge is -2.45. The fraction of sp³-hybridized carbons (Fsp3) is 0.920. The van der Waals surface area contributed by atoms with Crippen LogP contribution in [0, 0.1) is 23.7 Å². The SMILES string of the molecule is COC1CNC(Cl)CC1C1CC(C)NCC1C(=O)NC1NC2CN(C(=O)C3CC(C(F)F)CC(Cl)N3)CC2S1. The van der Waals surface area contributed by atoms with Gasteiger partial charge in [0.2, 0.25) is 18.2 Å². The molecule has 2 amide bonds. The topological polar surface area (TPSA) is 107 Å². The van der Waals surface area contributed by atoms with Gasteiger partial charge in [-0.05, 0) is 44.4 Å². The van der Waals surface area contributed by atoms with Crippen LogP contribution in [0.3, 0.4) is 0 Å². The normalized spacial score (nSPS) is 44.8. The largest absolute Gasteiger partial charge is 0.380 e. The van der Waals surface area contributed by atoms with E-state index in [-0.39, 0.29) is 70.8 Å². The van der Waals surface area contributed by atoms with E-state index in [9.17, 15) is 18.4 Å². The van der Waals surface area contributed by atoms with Gasteiger partial charge in [-0.25, -0.2) is 8.78 Å². The second-order valence-electron chi connectivity index (χ2n) is 11.7. The number of nitrogens with zero attached hydrogens (tertiary/aromatic N) is 1. The molecule has 0 aromatic carbocycles. The summed E-state index contributed by atoms with van der Waals surface area (Å²) in [5.74, 6) is -0.907. The van der Waals surface area contributed by atoms with Crippen LogP contribution in [-0.4, -0.2) is 102 Å². The first-order valence-corrected chi connectivity index (χ1v) is 15.8. The lowest BCUT2D eigenvalue weighted by atomic mass is 9.70. The number of hydrogen-bond acceptors (Lipinski definition) is 8. The molecular formula is C25H40Cl2F2N6O3S. The van der Waals surface area contributed by atoms with Crippen LogP contribution in [0.25, 0.3) is 0 Å². The molecule has 39 heavy (non-hydrogen) atoms. The van der Waals surface area contributed by atoms with Gasteiger partial charge >= 0.3 is 0 Å². The number of ether oxygens (including phenoxy) is 1. The van der Waals surface area contributed by atoms with E-state index >= 15 is 0 Å². The summed E-state index contributed by atoms with van der Waals surface area (Å²) in [7, 11) is 1.72. The summed E-state index contributed by atoms with van der Waals surface area (Å²) in [5, 5.41) is 16.5. The summed E-state index contributed by atoms with van der Waals surface area (Å²) in [4.78, 5) is 28.4. The standard InChI is InChI=1S/C25H40Cl2F2N6O3S/c1-11-3-13(14-6-20(26)31-8-18(14)38-2)15(7-30-11)23(36)34-25-33-17-9-35(10-19(17)39-25)24(37)16-4-12(22(28)29)5-21(27)32-16/h11-22,25,30-33H,3-10H2,1-2H3,(H,34,36). The van der Waals surface area contributed by atoms with E-state index in [4.69, 9.17) is 27.9 Å². The van der Waals surface area contributed by atoms with Gasteiger partial charge in [0, 0.05) is 56.5 Å². The number of hydrogen-bond donors (Lipinski definition) is 5. The van der Waals surface area contributed by atoms with Crippen LogP contribution in [-0.2, 0) is 14.3 Å². The molecule has 222 valence electrons. The highest BCUT2D eigenvalue weighted by Gasteiger charge is 2.48. The van der Waals surface area contributed by atoms with Gasteiger partial charge in [-0.3, -0.25) is 25.5 Å². The maximum Gasteiger partial charge on any atom is 0.241 e. The molecule has 0 saturated carbocycles. The van der Waals surface area contributed by atoms with E-state index < -0.39 is 23.9 Å². The van der Waals surface area contributed by atoms with Crippen LogP contribution in [0.4, 0.5) is 8.78 Å². The number of fused-ring (bicyclic) bond motifs is 1. The van der Waals surface area contributed by atoms with Crippen molar-refractivity contribution in [1.29, 1.82) is 0 Å². The third-order valence-corrected chi connectivity index (χ3v) is 11.1. The molecule has 5 N–H and O–H groups in total. The van der Waals surface area contributed by atoms with E-state index in [1.165, 1.54) is 0 Å². The lowest BCUT2D eigenvalue weighted by molar-refractivity contribution is -0.134. The minimum absolute atomic E-state index is 0.00872. The average molecular weight is 614 g/mol. The number of rotatable bonds is 6. The Balaban J connectivity index is 1.15. The van der Waals surface area contributed by atoms with E-state index in [0.717, 1.165) is 12.8 Å². The number of alkyl halides is 4. The summed E-state index contributed by atoms with van der Waals surface area (Å²) >= 11 is 14.2. The maximum atomic E-state index is 13.6. The summed E-state index contributed by atoms with van der Waals surface area (Å²) < 4.78 is 32.4. The number of nitrogens with one attached hydrogen (secondary N) is 5. The molecule has 5 aliphatic heterocycles. The van der Waals surface area contributed by atoms with Gasteiger partial charge in [0.1, 0.15) is 5.50 Å². The first-order valence-electron chi connectivity index (χ1n) is 14.0. The molecule has 5 aliphatic rings. The van der Waals surface area contributed by atoms with E-state index in [1.807, 2.05) is 0 Å². The molecule has 9 nitrogen and oxygen atoms in total. The number of carbonyl (C=O) groups is 2. The monoisotopic (exact) mass is 612 g/mol. The second kappa shape index (κ2) is 12.8. The minimum atomic E-state index is -2.49. The Hall–Kier alpha value is -0.470. The van der Waals surface area contributed by atoms with Crippen molar-refractivity contribution in [2.45, 2.75) is 85.0 Å². The average Bonchev–Trinajstić information content (AvgIpc) is 3.46. The Morgan fingerprint density at radius 2 is 1.82 bits per heavy atom. The Bertz CT molecular complexity index is 885. The van der Waals surface area contributed by atoms with Gasteiger partial charge in [-0.1, -0.05) is 0 Å². The van der Waals surface area contributed by atoms with Crippen molar-refractivity contribution < 1.29 is 23.1 Å². The van der Waals surface area contributed by atoms with Gasteiger partial charge < -0.3 is 20.3 Å². The quantitative estimate of drug-likeness (QED) is 0.226. The van der Waals surface area contributed by atoms with Crippen molar-refractivity contribution in [3.8, 4) is 0 Å². The molecule has 5 saturated heterocycles. The van der Waals surface area contributed by atoms with Crippen molar-refractivity contribution in [3.63, 3.8) is 0 Å². The van der Waals surface area contributed by atoms with Crippen LogP contribution < -0.4 is 26.6 Å². The molecule has 0 aromatic heterocycles. The summed E-state index contributed by atoms with van der Waals surface area (Å²) in [6, 6.07) is -0.368. The van der Waals surface area contributed by atoms with Gasteiger partial charge in [0.05, 0.1) is 29.1 Å². The maximum absolute atomic E-state index is 13.6. The zero-order chi connectivity index (χ0) is 27.8. The molecule has 0 bridgehead atoms. The zero-order valence-electron chi connectivity index (χ0n) is 22.3. The summed E-state index contributed by atoms with van der Waals surface area (Å²) in [6.07, 6.45) is -0.604. The fourth-order valence-electron chi connectivity index (χ4n) is 7.06. The molecular weight excluding hydrogens is 573 g/mol. The van der Waals surface area contributed by atoms with Crippen LogP contribution in [0.2, 0.25) is 0 Å². The van der Waals surface area contributed by atoms with Crippen molar-refractivity contribution in [1.82, 2.24) is 31.5 Å². The van der Waals surface area contributed by atoms with E-state index in [2.05, 4.69) is 33.5 Å². The van der Waals surface area contributed by atoms with Crippen molar-refractivity contribution in [3.05, 3.63) is 0 Å². The highest BCUT2D eigenvalue weighted by atomic mass is 35.5. The predicted molar refractivity (Wildman–Crippen MR) is 148 cm³/mol. The third kappa shape index (κ3) is 6.79. The first-order chi connectivity index (χ1) is 18.6. The number of piperidine rings is 3. The number of methoxy groups -OCH3 is 1. The lowest BCUT2D eigenvalue weighted by Crippen LogP contribution is -2.57. The number of thioether (sulfide) groups is 1. The molecule has 12 atom stereocenters. The minimum Gasteiger partial charge on any atom is -0.380 e. The van der Waals surface area contributed by atoms with Crippen molar-refractivity contribution in [2.24, 2.45) is 23.7 Å². The highest BCUT2D eigenvalue weighted by molar-refractivity contribution is 8.00. The third-order valence-electron chi connectivity index (χ3n) is 9.13. The Kier molecular flexibility index (Phi) is 9.85. The van der Waals surface area contributed by atoms with Crippen molar-refractivity contribution in [2.75, 3.05) is 33.3 Å². The Labute approximate surface area is 242 Å². The second-order valence-corrected chi connectivity index (χ2v) is 14.1. The van der Waals surface area contributed by atoms with Gasteiger partial charge in [-0.2, -0.15) is 0 Å². The van der Waals surface area contributed by atoms with Gasteiger partial charge in [0.15, 0.2) is 0 Å². The van der Waals surface area contributed by atoms with E-state index in [0.29, 0.717) is 32.2 Å². The molecule has 5 heterocycles. The Morgan fingerprint density at radius 3 is 2.54 bits per heavy atom. The van der Waals surface area contributed by atoms with Gasteiger partial charge in [0.25, 0.3) is 0 Å².